The lowest BCUT2D eigenvalue weighted by molar-refractivity contribution is -0.143. The molecule has 1 aliphatic rings. The van der Waals surface area contributed by atoms with Gasteiger partial charge in [-0.25, -0.2) is 0 Å². The second-order valence-corrected chi connectivity index (χ2v) is 4.85. The molecule has 0 spiro atoms. The van der Waals surface area contributed by atoms with Gasteiger partial charge in [0.25, 0.3) is 5.91 Å². The van der Waals surface area contributed by atoms with Crippen LogP contribution < -0.4 is 5.01 Å². The fraction of sp³-hybridized carbons (Fsp3) is 0.375. The van der Waals surface area contributed by atoms with Crippen molar-refractivity contribution in [3.63, 3.8) is 0 Å². The van der Waals surface area contributed by atoms with E-state index in [0.29, 0.717) is 37.1 Å². The van der Waals surface area contributed by atoms with Gasteiger partial charge in [0.2, 0.25) is 0 Å². The Morgan fingerprint density at radius 1 is 1.36 bits per heavy atom. The van der Waals surface area contributed by atoms with E-state index in [-0.39, 0.29) is 18.3 Å². The summed E-state index contributed by atoms with van der Waals surface area (Å²) < 4.78 is 4.85. The summed E-state index contributed by atoms with van der Waals surface area (Å²) in [6.45, 7) is 2.09. The number of amides is 1. The van der Waals surface area contributed by atoms with Gasteiger partial charge in [0, 0.05) is 6.42 Å². The molecule has 0 fully saturated rings. The van der Waals surface area contributed by atoms with Gasteiger partial charge in [-0.3, -0.25) is 9.59 Å². The molecule has 1 amide bonds. The minimum absolute atomic E-state index is 0.248. The van der Waals surface area contributed by atoms with E-state index in [0.717, 1.165) is 0 Å². The van der Waals surface area contributed by atoms with E-state index in [4.69, 9.17) is 4.74 Å². The van der Waals surface area contributed by atoms with E-state index in [2.05, 4.69) is 5.10 Å². The first kappa shape index (κ1) is 15.9. The Morgan fingerprint density at radius 3 is 2.73 bits per heavy atom. The van der Waals surface area contributed by atoms with Gasteiger partial charge in [-0.2, -0.15) is 10.1 Å². The molecule has 0 aromatic heterocycles. The molecule has 116 valence electrons. The highest BCUT2D eigenvalue weighted by Crippen LogP contribution is 2.24. The topological polar surface area (TPSA) is 76.0 Å². The summed E-state index contributed by atoms with van der Waals surface area (Å²) in [5.41, 5.74) is 1.12. The molecule has 1 unspecified atom stereocenters. The maximum absolute atomic E-state index is 12.2. The lowest BCUT2D eigenvalue weighted by atomic mass is 10.0. The Morgan fingerprint density at radius 2 is 2.09 bits per heavy atom. The number of aldehydes is 1. The normalized spacial score (nSPS) is 17.3. The highest BCUT2D eigenvalue weighted by atomic mass is 16.5. The van der Waals surface area contributed by atoms with Gasteiger partial charge in [-0.05, 0) is 31.9 Å². The molecule has 0 N–H and O–H groups in total. The Hall–Kier alpha value is -2.50. The number of hydrogen-bond donors (Lipinski definition) is 0. The molecule has 6 heteroatoms. The minimum Gasteiger partial charge on any atom is -0.466 e. The third-order valence-corrected chi connectivity index (χ3v) is 3.32. The number of para-hydroxylation sites is 1. The number of carbonyl (C=O) groups is 3. The number of hydrazone groups is 1. The number of rotatable bonds is 7. The lowest BCUT2D eigenvalue weighted by Crippen LogP contribution is -2.28. The molecular weight excluding hydrogens is 284 g/mol. The van der Waals surface area contributed by atoms with Crippen LogP contribution in [0, 0.1) is 5.92 Å². The zero-order valence-corrected chi connectivity index (χ0v) is 12.4. The van der Waals surface area contributed by atoms with Gasteiger partial charge in [0.1, 0.15) is 12.2 Å². The fourth-order valence-corrected chi connectivity index (χ4v) is 2.26. The van der Waals surface area contributed by atoms with Crippen LogP contribution in [0.1, 0.15) is 26.2 Å². The van der Waals surface area contributed by atoms with E-state index in [9.17, 15) is 14.4 Å². The molecule has 0 aliphatic carbocycles. The second kappa shape index (κ2) is 7.49. The van der Waals surface area contributed by atoms with Gasteiger partial charge in [-0.15, -0.1) is 0 Å². The van der Waals surface area contributed by atoms with E-state index >= 15 is 0 Å². The number of ether oxygens (including phenoxy) is 1. The van der Waals surface area contributed by atoms with Gasteiger partial charge in [0.15, 0.2) is 0 Å². The second-order valence-electron chi connectivity index (χ2n) is 4.85. The minimum atomic E-state index is -0.859. The van der Waals surface area contributed by atoms with Crippen LogP contribution >= 0.6 is 0 Å². The van der Waals surface area contributed by atoms with E-state index < -0.39 is 5.92 Å². The van der Waals surface area contributed by atoms with Crippen LogP contribution in [-0.2, 0) is 19.1 Å². The van der Waals surface area contributed by atoms with Crippen molar-refractivity contribution < 1.29 is 19.1 Å². The molecule has 0 bridgehead atoms. The highest BCUT2D eigenvalue weighted by Gasteiger charge is 2.35. The molecule has 1 heterocycles. The van der Waals surface area contributed by atoms with E-state index in [1.165, 1.54) is 5.01 Å². The quantitative estimate of drug-likeness (QED) is 0.438. The predicted octanol–water partition coefficient (Wildman–Crippen LogP) is 1.94. The van der Waals surface area contributed by atoms with Crippen molar-refractivity contribution in [2.24, 2.45) is 11.0 Å². The Kier molecular flexibility index (Phi) is 5.41. The zero-order chi connectivity index (χ0) is 15.9. The van der Waals surface area contributed by atoms with Crippen molar-refractivity contribution in [1.29, 1.82) is 0 Å². The Labute approximate surface area is 128 Å². The van der Waals surface area contributed by atoms with Crippen LogP contribution in [0.5, 0.6) is 0 Å². The van der Waals surface area contributed by atoms with Crippen molar-refractivity contribution in [3.05, 3.63) is 30.3 Å². The molecular formula is C16H18N2O4. The average Bonchev–Trinajstić information content (AvgIpc) is 2.84. The first-order valence-electron chi connectivity index (χ1n) is 7.24. The Balaban J connectivity index is 2.03. The molecule has 1 aliphatic heterocycles. The molecule has 1 aromatic carbocycles. The van der Waals surface area contributed by atoms with Gasteiger partial charge < -0.3 is 9.53 Å². The summed E-state index contributed by atoms with van der Waals surface area (Å²) >= 11 is 0. The molecule has 2 rings (SSSR count). The summed E-state index contributed by atoms with van der Waals surface area (Å²) in [6.07, 6.45) is 1.77. The molecule has 0 radical (unpaired) electrons. The van der Waals surface area contributed by atoms with E-state index in [1.54, 1.807) is 31.2 Å². The monoisotopic (exact) mass is 302 g/mol. The Bertz CT molecular complexity index is 583. The third kappa shape index (κ3) is 3.58. The number of esters is 1. The molecule has 1 aromatic rings. The highest BCUT2D eigenvalue weighted by molar-refractivity contribution is 6.23. The average molecular weight is 302 g/mol. The van der Waals surface area contributed by atoms with Crippen molar-refractivity contribution in [2.45, 2.75) is 26.2 Å². The number of hydrogen-bond acceptors (Lipinski definition) is 5. The summed E-state index contributed by atoms with van der Waals surface area (Å²) in [7, 11) is 0. The van der Waals surface area contributed by atoms with Gasteiger partial charge in [-0.1, -0.05) is 18.2 Å². The first-order valence-corrected chi connectivity index (χ1v) is 7.24. The lowest BCUT2D eigenvalue weighted by Gasteiger charge is -2.11. The van der Waals surface area contributed by atoms with Crippen LogP contribution in [0.4, 0.5) is 5.69 Å². The third-order valence-electron chi connectivity index (χ3n) is 3.32. The molecule has 0 saturated carbocycles. The molecule has 0 saturated heterocycles. The van der Waals surface area contributed by atoms with Crippen LogP contribution in [0.2, 0.25) is 0 Å². The summed E-state index contributed by atoms with van der Waals surface area (Å²) in [4.78, 5) is 34.7. The number of nitrogens with zero attached hydrogens (tertiary/aromatic N) is 2. The number of benzene rings is 1. The molecule has 1 atom stereocenters. The predicted molar refractivity (Wildman–Crippen MR) is 81.4 cm³/mol. The first-order chi connectivity index (χ1) is 10.7. The van der Waals surface area contributed by atoms with Crippen molar-refractivity contribution in [1.82, 2.24) is 0 Å². The number of anilines is 1. The molecule has 6 nitrogen and oxygen atoms in total. The standard InChI is InChI=1S/C16H18N2O4/c1-2-22-15(20)10-6-9-14-13(11-19)16(21)18(17-14)12-7-4-3-5-8-12/h3-5,7-8,11,13H,2,6,9-10H2,1H3. The van der Waals surface area contributed by atoms with Crippen molar-refractivity contribution >= 4 is 29.6 Å². The van der Waals surface area contributed by atoms with E-state index in [1.807, 2.05) is 6.07 Å². The van der Waals surface area contributed by atoms with Crippen LogP contribution in [0.25, 0.3) is 0 Å². The van der Waals surface area contributed by atoms with Crippen LogP contribution in [0.15, 0.2) is 35.4 Å². The maximum atomic E-state index is 12.2. The summed E-state index contributed by atoms with van der Waals surface area (Å²) in [5.74, 6) is -1.50. The SMILES string of the molecule is CCOC(=O)CCCC1=NN(c2ccccc2)C(=O)C1C=O. The summed E-state index contributed by atoms with van der Waals surface area (Å²) in [5, 5.41) is 5.50. The van der Waals surface area contributed by atoms with Gasteiger partial charge in [0.05, 0.1) is 18.0 Å². The molecule has 22 heavy (non-hydrogen) atoms. The fourth-order valence-electron chi connectivity index (χ4n) is 2.26. The smallest absolute Gasteiger partial charge is 0.305 e. The summed E-state index contributed by atoms with van der Waals surface area (Å²) in [6, 6.07) is 8.94. The van der Waals surface area contributed by atoms with Crippen LogP contribution in [-0.4, -0.2) is 30.5 Å². The largest absolute Gasteiger partial charge is 0.466 e. The van der Waals surface area contributed by atoms with Gasteiger partial charge >= 0.3 is 5.97 Å². The van der Waals surface area contributed by atoms with Crippen molar-refractivity contribution in [3.8, 4) is 0 Å². The van der Waals surface area contributed by atoms with Crippen molar-refractivity contribution in [2.75, 3.05) is 11.6 Å². The maximum Gasteiger partial charge on any atom is 0.305 e. The van der Waals surface area contributed by atoms with Crippen LogP contribution in [0.3, 0.4) is 0 Å². The zero-order valence-electron chi connectivity index (χ0n) is 12.4. The number of carbonyl (C=O) groups excluding carboxylic acids is 3.